The Morgan fingerprint density at radius 1 is 1.29 bits per heavy atom. The van der Waals surface area contributed by atoms with Gasteiger partial charge in [-0.1, -0.05) is 0 Å². The van der Waals surface area contributed by atoms with Gasteiger partial charge in [-0.25, -0.2) is 0 Å². The summed E-state index contributed by atoms with van der Waals surface area (Å²) in [6.45, 7) is 0.698. The fraction of sp³-hybridized carbons (Fsp3) is 1.00. The molecule has 1 N–H and O–H groups in total. The van der Waals surface area contributed by atoms with E-state index in [1.54, 1.807) is 0 Å². The van der Waals surface area contributed by atoms with Crippen molar-refractivity contribution in [1.29, 1.82) is 0 Å². The quantitative estimate of drug-likeness (QED) is 0.546. The molecule has 0 atom stereocenters. The maximum Gasteiger partial charge on any atom is 0.390 e. The van der Waals surface area contributed by atoms with E-state index in [-0.39, 0.29) is 12.0 Å². The highest BCUT2D eigenvalue weighted by Crippen LogP contribution is 2.48. The van der Waals surface area contributed by atoms with Crippen molar-refractivity contribution in [3.63, 3.8) is 0 Å². The van der Waals surface area contributed by atoms with Crippen LogP contribution in [0.5, 0.6) is 0 Å². The molecule has 0 spiro atoms. The molecule has 1 nitrogen and oxygen atoms in total. The molecular formula is C9H15ClF3N. The maximum absolute atomic E-state index is 11.8. The van der Waals surface area contributed by atoms with E-state index in [4.69, 9.17) is 11.6 Å². The van der Waals surface area contributed by atoms with Crippen LogP contribution in [0.4, 0.5) is 13.2 Å². The van der Waals surface area contributed by atoms with E-state index in [2.05, 4.69) is 5.32 Å². The van der Waals surface area contributed by atoms with Crippen molar-refractivity contribution >= 4 is 11.6 Å². The zero-order chi connectivity index (χ0) is 10.7. The van der Waals surface area contributed by atoms with Crippen molar-refractivity contribution in [3.8, 4) is 0 Å². The molecule has 14 heavy (non-hydrogen) atoms. The van der Waals surface area contributed by atoms with Crippen LogP contribution < -0.4 is 5.32 Å². The molecule has 0 bridgehead atoms. The topological polar surface area (TPSA) is 12.0 Å². The number of nitrogens with one attached hydrogen (secondary N) is 1. The van der Waals surface area contributed by atoms with E-state index in [1.165, 1.54) is 0 Å². The Bertz CT molecular complexity index is 177. The van der Waals surface area contributed by atoms with Crippen molar-refractivity contribution in [2.24, 2.45) is 5.41 Å². The van der Waals surface area contributed by atoms with Gasteiger partial charge in [-0.2, -0.15) is 13.2 Å². The summed E-state index contributed by atoms with van der Waals surface area (Å²) in [6, 6.07) is 0. The van der Waals surface area contributed by atoms with Crippen LogP contribution >= 0.6 is 11.6 Å². The van der Waals surface area contributed by atoms with E-state index < -0.39 is 12.6 Å². The number of rotatable bonds is 6. The lowest BCUT2D eigenvalue weighted by atomic mass is 10.0. The molecule has 0 aromatic rings. The smallest absolute Gasteiger partial charge is 0.316 e. The van der Waals surface area contributed by atoms with Gasteiger partial charge in [-0.05, 0) is 24.7 Å². The molecule has 1 aliphatic rings. The SMILES string of the molecule is FC(F)(F)CCNCC1(CCCl)CC1. The fourth-order valence-electron chi connectivity index (χ4n) is 1.48. The molecule has 0 amide bonds. The van der Waals surface area contributed by atoms with Gasteiger partial charge in [0.2, 0.25) is 0 Å². The normalized spacial score (nSPS) is 19.7. The minimum Gasteiger partial charge on any atom is -0.316 e. The molecule has 0 aromatic heterocycles. The monoisotopic (exact) mass is 229 g/mol. The molecule has 0 aromatic carbocycles. The van der Waals surface area contributed by atoms with Crippen LogP contribution in [0.3, 0.4) is 0 Å². The van der Waals surface area contributed by atoms with Crippen LogP contribution in [0.25, 0.3) is 0 Å². The van der Waals surface area contributed by atoms with Crippen molar-refractivity contribution in [1.82, 2.24) is 5.32 Å². The molecule has 5 heteroatoms. The minimum absolute atomic E-state index is 0.0214. The first kappa shape index (κ1) is 12.1. The van der Waals surface area contributed by atoms with Crippen LogP contribution in [0.1, 0.15) is 25.7 Å². The Morgan fingerprint density at radius 2 is 1.93 bits per heavy atom. The molecule has 84 valence electrons. The molecule has 0 heterocycles. The van der Waals surface area contributed by atoms with Gasteiger partial charge in [0.1, 0.15) is 0 Å². The Hall–Kier alpha value is 0.0400. The summed E-state index contributed by atoms with van der Waals surface area (Å²) in [7, 11) is 0. The molecule has 0 unspecified atom stereocenters. The molecule has 1 saturated carbocycles. The van der Waals surface area contributed by atoms with Crippen LogP contribution in [-0.2, 0) is 0 Å². The number of halogens is 4. The van der Waals surface area contributed by atoms with Crippen molar-refractivity contribution in [2.45, 2.75) is 31.9 Å². The van der Waals surface area contributed by atoms with Gasteiger partial charge in [0, 0.05) is 19.0 Å². The van der Waals surface area contributed by atoms with E-state index in [9.17, 15) is 13.2 Å². The van der Waals surface area contributed by atoms with Gasteiger partial charge < -0.3 is 5.32 Å². The van der Waals surface area contributed by atoms with E-state index in [0.29, 0.717) is 12.4 Å². The van der Waals surface area contributed by atoms with E-state index >= 15 is 0 Å². The highest BCUT2D eigenvalue weighted by molar-refractivity contribution is 6.17. The zero-order valence-corrected chi connectivity index (χ0v) is 8.72. The minimum atomic E-state index is -4.05. The Balaban J connectivity index is 2.04. The van der Waals surface area contributed by atoms with Crippen LogP contribution in [0.2, 0.25) is 0 Å². The maximum atomic E-state index is 11.8. The van der Waals surface area contributed by atoms with Crippen molar-refractivity contribution in [3.05, 3.63) is 0 Å². The van der Waals surface area contributed by atoms with Gasteiger partial charge in [0.15, 0.2) is 0 Å². The second-order valence-electron chi connectivity index (χ2n) is 3.98. The van der Waals surface area contributed by atoms with Gasteiger partial charge in [0.05, 0.1) is 6.42 Å². The third kappa shape index (κ3) is 4.51. The van der Waals surface area contributed by atoms with Gasteiger partial charge >= 0.3 is 6.18 Å². The molecule has 0 saturated heterocycles. The van der Waals surface area contributed by atoms with Crippen LogP contribution in [0, 0.1) is 5.41 Å². The molecule has 1 rings (SSSR count). The summed E-state index contributed by atoms with van der Waals surface area (Å²) in [5.74, 6) is 0.598. The largest absolute Gasteiger partial charge is 0.390 e. The van der Waals surface area contributed by atoms with Crippen LogP contribution in [-0.4, -0.2) is 25.1 Å². The summed E-state index contributed by atoms with van der Waals surface area (Å²) in [4.78, 5) is 0. The highest BCUT2D eigenvalue weighted by atomic mass is 35.5. The third-order valence-corrected chi connectivity index (χ3v) is 2.86. The van der Waals surface area contributed by atoms with Crippen LogP contribution in [0.15, 0.2) is 0 Å². The summed E-state index contributed by atoms with van der Waals surface area (Å²) in [5, 5.41) is 2.85. The lowest BCUT2D eigenvalue weighted by Crippen LogP contribution is -2.28. The van der Waals surface area contributed by atoms with E-state index in [0.717, 1.165) is 19.3 Å². The summed E-state index contributed by atoms with van der Waals surface area (Å²) in [6.07, 6.45) is -1.69. The average molecular weight is 230 g/mol. The molecular weight excluding hydrogens is 215 g/mol. The number of alkyl halides is 4. The zero-order valence-electron chi connectivity index (χ0n) is 7.96. The van der Waals surface area contributed by atoms with Gasteiger partial charge in [-0.3, -0.25) is 0 Å². The fourth-order valence-corrected chi connectivity index (χ4v) is 1.88. The van der Waals surface area contributed by atoms with Crippen molar-refractivity contribution < 1.29 is 13.2 Å². The molecule has 0 aliphatic heterocycles. The second-order valence-corrected chi connectivity index (χ2v) is 4.36. The molecule has 0 radical (unpaired) electrons. The first-order valence-electron chi connectivity index (χ1n) is 4.81. The van der Waals surface area contributed by atoms with Gasteiger partial charge in [0.25, 0.3) is 0 Å². The second kappa shape index (κ2) is 4.71. The third-order valence-electron chi connectivity index (χ3n) is 2.67. The summed E-state index contributed by atoms with van der Waals surface area (Å²) >= 11 is 5.60. The first-order valence-corrected chi connectivity index (χ1v) is 5.34. The standard InChI is InChI=1S/C9H15ClF3N/c10-5-3-8(1-2-8)7-14-6-4-9(11,12)13/h14H,1-7H2. The summed E-state index contributed by atoms with van der Waals surface area (Å²) in [5.41, 5.74) is 0.216. The Labute approximate surface area is 87.0 Å². The van der Waals surface area contributed by atoms with E-state index in [1.807, 2.05) is 0 Å². The average Bonchev–Trinajstić information content (AvgIpc) is 2.79. The Kier molecular flexibility index (Phi) is 4.07. The first-order chi connectivity index (χ1) is 6.47. The number of hydrogen-bond acceptors (Lipinski definition) is 1. The molecule has 1 fully saturated rings. The lowest BCUT2D eigenvalue weighted by Gasteiger charge is -2.14. The molecule has 1 aliphatic carbocycles. The highest BCUT2D eigenvalue weighted by Gasteiger charge is 2.41. The predicted molar refractivity (Wildman–Crippen MR) is 50.5 cm³/mol. The van der Waals surface area contributed by atoms with Crippen molar-refractivity contribution in [2.75, 3.05) is 19.0 Å². The lowest BCUT2D eigenvalue weighted by molar-refractivity contribution is -0.133. The number of hydrogen-bond donors (Lipinski definition) is 1. The predicted octanol–water partition coefficient (Wildman–Crippen LogP) is 2.94. The Morgan fingerprint density at radius 3 is 2.36 bits per heavy atom. The summed E-state index contributed by atoms with van der Waals surface area (Å²) < 4.78 is 35.3. The van der Waals surface area contributed by atoms with Gasteiger partial charge in [-0.15, -0.1) is 11.6 Å².